The largest absolute Gasteiger partial charge is 0.399 e. The number of hydrogen-bond acceptors (Lipinski definition) is 6. The highest BCUT2D eigenvalue weighted by Gasteiger charge is 2.58. The molecule has 2 N–H and O–H groups in total. The van der Waals surface area contributed by atoms with Crippen LogP contribution in [0.2, 0.25) is 0 Å². The van der Waals surface area contributed by atoms with Gasteiger partial charge < -0.3 is 5.73 Å². The Morgan fingerprint density at radius 3 is 2.64 bits per heavy atom. The number of thiophene rings is 1. The number of hydrogen-bond donors (Lipinski definition) is 1. The second kappa shape index (κ2) is 5.46. The van der Waals surface area contributed by atoms with Crippen molar-refractivity contribution in [3.8, 4) is 18.2 Å². The van der Waals surface area contributed by atoms with Crippen molar-refractivity contribution in [3.63, 3.8) is 0 Å². The molecular formula is C19H17N5S. The van der Waals surface area contributed by atoms with E-state index < -0.39 is 5.41 Å². The van der Waals surface area contributed by atoms with E-state index >= 15 is 0 Å². The Balaban J connectivity index is 2.05. The zero-order chi connectivity index (χ0) is 17.8. The van der Waals surface area contributed by atoms with Gasteiger partial charge in [0, 0.05) is 23.9 Å². The Kier molecular flexibility index (Phi) is 3.48. The lowest BCUT2D eigenvalue weighted by Crippen LogP contribution is -2.51. The molecule has 2 aliphatic heterocycles. The van der Waals surface area contributed by atoms with Gasteiger partial charge >= 0.3 is 0 Å². The molecular weight excluding hydrogens is 330 g/mol. The van der Waals surface area contributed by atoms with Crippen molar-refractivity contribution >= 4 is 11.3 Å². The van der Waals surface area contributed by atoms with Crippen LogP contribution in [0.4, 0.5) is 0 Å². The number of nitriles is 3. The van der Waals surface area contributed by atoms with E-state index in [0.717, 1.165) is 24.0 Å². The maximum Gasteiger partial charge on any atom is 0.191 e. The number of nitrogens with two attached hydrogens (primary N) is 1. The van der Waals surface area contributed by atoms with E-state index in [1.165, 1.54) is 0 Å². The molecule has 3 heterocycles. The molecule has 124 valence electrons. The van der Waals surface area contributed by atoms with E-state index in [4.69, 9.17) is 5.73 Å². The van der Waals surface area contributed by atoms with Crippen LogP contribution < -0.4 is 5.73 Å². The molecule has 0 aromatic carbocycles. The molecule has 0 saturated carbocycles. The predicted octanol–water partition coefficient (Wildman–Crippen LogP) is 2.63. The van der Waals surface area contributed by atoms with Crippen LogP contribution in [0.5, 0.6) is 0 Å². The average Bonchev–Trinajstić information content (AvgIpc) is 3.21. The summed E-state index contributed by atoms with van der Waals surface area (Å²) in [5.41, 5.74) is 7.14. The number of nitrogens with zero attached hydrogens (tertiary/aromatic N) is 4. The summed E-state index contributed by atoms with van der Waals surface area (Å²) in [5.74, 6) is -0.428. The van der Waals surface area contributed by atoms with Crippen molar-refractivity contribution in [2.45, 2.75) is 30.8 Å². The minimum atomic E-state index is -1.51. The summed E-state index contributed by atoms with van der Waals surface area (Å²) in [4.78, 5) is 2.32. The minimum absolute atomic E-state index is 0.0698. The number of allylic oxidation sites excluding steroid dienone is 2. The van der Waals surface area contributed by atoms with Gasteiger partial charge in [-0.05, 0) is 47.9 Å². The van der Waals surface area contributed by atoms with Crippen LogP contribution in [-0.2, 0) is 0 Å². The summed E-state index contributed by atoms with van der Waals surface area (Å²) in [6, 6.07) is 9.06. The molecule has 1 aliphatic carbocycles. The molecule has 1 aromatic rings. The molecule has 1 aromatic heterocycles. The maximum atomic E-state index is 9.99. The minimum Gasteiger partial charge on any atom is -0.399 e. The average molecular weight is 347 g/mol. The smallest absolute Gasteiger partial charge is 0.191 e. The maximum absolute atomic E-state index is 9.99. The van der Waals surface area contributed by atoms with Gasteiger partial charge in [-0.1, -0.05) is 6.08 Å². The fourth-order valence-electron chi connectivity index (χ4n) is 4.91. The zero-order valence-electron chi connectivity index (χ0n) is 13.8. The second-order valence-electron chi connectivity index (χ2n) is 6.99. The highest BCUT2D eigenvalue weighted by Crippen LogP contribution is 2.58. The monoisotopic (exact) mass is 347 g/mol. The standard InChI is InChI=1S/C19H17N5S/c1-24-12-2-3-15(24)16-13(6-12)14(7-20)18(23)19(9-21,10-22)17(16)11-4-5-25-8-11/h4-6,8,12,15-17H,2-3,23H2,1H3/t12-,15-,16+,17+/m1/s1. The first kappa shape index (κ1) is 15.9. The van der Waals surface area contributed by atoms with Crippen molar-refractivity contribution < 1.29 is 0 Å². The van der Waals surface area contributed by atoms with Crippen LogP contribution in [0.25, 0.3) is 0 Å². The van der Waals surface area contributed by atoms with E-state index in [1.54, 1.807) is 11.3 Å². The summed E-state index contributed by atoms with van der Waals surface area (Å²) in [7, 11) is 2.09. The summed E-state index contributed by atoms with van der Waals surface area (Å²) < 4.78 is 0. The highest BCUT2D eigenvalue weighted by atomic mass is 32.1. The Labute approximate surface area is 150 Å². The van der Waals surface area contributed by atoms with Gasteiger partial charge in [0.2, 0.25) is 0 Å². The molecule has 5 nitrogen and oxygen atoms in total. The molecule has 3 aliphatic rings. The zero-order valence-corrected chi connectivity index (χ0v) is 14.6. The molecule has 2 bridgehead atoms. The summed E-state index contributed by atoms with van der Waals surface area (Å²) >= 11 is 1.55. The van der Waals surface area contributed by atoms with Crippen LogP contribution >= 0.6 is 11.3 Å². The number of rotatable bonds is 1. The van der Waals surface area contributed by atoms with Crippen molar-refractivity contribution in [3.05, 3.63) is 45.3 Å². The van der Waals surface area contributed by atoms with Gasteiger partial charge in [-0.25, -0.2) is 0 Å². The van der Waals surface area contributed by atoms with Gasteiger partial charge in [-0.15, -0.1) is 0 Å². The van der Waals surface area contributed by atoms with Crippen molar-refractivity contribution in [1.82, 2.24) is 4.90 Å². The molecule has 0 radical (unpaired) electrons. The quantitative estimate of drug-likeness (QED) is 0.841. The van der Waals surface area contributed by atoms with Gasteiger partial charge in [-0.2, -0.15) is 27.1 Å². The normalized spacial score (nSPS) is 33.0. The van der Waals surface area contributed by atoms with Crippen LogP contribution in [0.15, 0.2) is 39.7 Å². The Morgan fingerprint density at radius 1 is 1.28 bits per heavy atom. The third-order valence-electron chi connectivity index (χ3n) is 6.13. The van der Waals surface area contributed by atoms with E-state index in [1.807, 2.05) is 16.8 Å². The lowest BCUT2D eigenvalue weighted by molar-refractivity contribution is 0.161. The molecule has 25 heavy (non-hydrogen) atoms. The second-order valence-corrected chi connectivity index (χ2v) is 7.77. The molecule has 0 unspecified atom stereocenters. The Hall–Kier alpha value is -2.59. The molecule has 4 atom stereocenters. The molecule has 0 spiro atoms. The third-order valence-corrected chi connectivity index (χ3v) is 6.83. The van der Waals surface area contributed by atoms with Crippen molar-refractivity contribution in [2.24, 2.45) is 17.1 Å². The predicted molar refractivity (Wildman–Crippen MR) is 93.7 cm³/mol. The van der Waals surface area contributed by atoms with Crippen LogP contribution in [0, 0.1) is 45.3 Å². The fourth-order valence-corrected chi connectivity index (χ4v) is 5.61. The molecule has 4 rings (SSSR count). The molecule has 6 heteroatoms. The van der Waals surface area contributed by atoms with Crippen molar-refractivity contribution in [1.29, 1.82) is 15.8 Å². The van der Waals surface area contributed by atoms with E-state index in [2.05, 4.69) is 36.2 Å². The first-order valence-corrected chi connectivity index (χ1v) is 9.22. The number of fused-ring (bicyclic) bond motifs is 4. The van der Waals surface area contributed by atoms with Crippen molar-refractivity contribution in [2.75, 3.05) is 7.05 Å². The van der Waals surface area contributed by atoms with Crippen LogP contribution in [0.3, 0.4) is 0 Å². The van der Waals surface area contributed by atoms with Gasteiger partial charge in [0.15, 0.2) is 5.41 Å². The van der Waals surface area contributed by atoms with Crippen LogP contribution in [-0.4, -0.2) is 24.0 Å². The lowest BCUT2D eigenvalue weighted by Gasteiger charge is -2.48. The highest BCUT2D eigenvalue weighted by molar-refractivity contribution is 7.08. The lowest BCUT2D eigenvalue weighted by atomic mass is 9.56. The van der Waals surface area contributed by atoms with Gasteiger partial charge in [0.05, 0.1) is 23.4 Å². The number of likely N-dealkylation sites (N-methyl/N-ethyl adjacent to an activating group) is 1. The van der Waals surface area contributed by atoms with E-state index in [-0.39, 0.29) is 23.6 Å². The van der Waals surface area contributed by atoms with Crippen LogP contribution in [0.1, 0.15) is 24.3 Å². The Morgan fingerprint density at radius 2 is 2.04 bits per heavy atom. The SMILES string of the molecule is CN1[C@@H]2CC[C@@H]1C=C1C(C#N)=C(N)C(C#N)(C#N)[C@@H](c3ccsc3)[C@@H]12. The van der Waals surface area contributed by atoms with E-state index in [0.29, 0.717) is 11.6 Å². The molecule has 1 saturated heterocycles. The fraction of sp³-hybridized carbons (Fsp3) is 0.421. The molecule has 1 fully saturated rings. The first-order chi connectivity index (χ1) is 12.1. The van der Waals surface area contributed by atoms with Gasteiger partial charge in [-0.3, -0.25) is 4.90 Å². The summed E-state index contributed by atoms with van der Waals surface area (Å²) in [5, 5.41) is 33.7. The van der Waals surface area contributed by atoms with E-state index in [9.17, 15) is 15.8 Å². The topological polar surface area (TPSA) is 101 Å². The molecule has 0 amide bonds. The first-order valence-electron chi connectivity index (χ1n) is 8.28. The van der Waals surface area contributed by atoms with Gasteiger partial charge in [0.25, 0.3) is 0 Å². The third kappa shape index (κ3) is 1.89. The summed E-state index contributed by atoms with van der Waals surface area (Å²) in [6.45, 7) is 0. The van der Waals surface area contributed by atoms with Gasteiger partial charge in [0.1, 0.15) is 6.07 Å². The summed E-state index contributed by atoms with van der Waals surface area (Å²) in [6.07, 6.45) is 4.16. The Bertz CT molecular complexity index is 891.